The van der Waals surface area contributed by atoms with Crippen molar-refractivity contribution in [2.75, 3.05) is 18.4 Å². The van der Waals surface area contributed by atoms with E-state index in [0.717, 1.165) is 11.3 Å². The van der Waals surface area contributed by atoms with E-state index < -0.39 is 5.66 Å². The molecule has 6 heteroatoms. The minimum atomic E-state index is -0.512. The van der Waals surface area contributed by atoms with Gasteiger partial charge in [0.1, 0.15) is 5.66 Å². The van der Waals surface area contributed by atoms with Crippen LogP contribution in [-0.2, 0) is 0 Å². The lowest BCUT2D eigenvalue weighted by atomic mass is 9.92. The number of anilines is 1. The van der Waals surface area contributed by atoms with E-state index in [2.05, 4.69) is 10.6 Å². The first-order chi connectivity index (χ1) is 12.5. The van der Waals surface area contributed by atoms with Crippen LogP contribution >= 0.6 is 11.6 Å². The van der Waals surface area contributed by atoms with Crippen LogP contribution in [0.4, 0.5) is 5.69 Å². The third-order valence-electron chi connectivity index (χ3n) is 5.16. The normalized spacial score (nSPS) is 18.1. The van der Waals surface area contributed by atoms with Gasteiger partial charge in [0.2, 0.25) is 0 Å². The van der Waals surface area contributed by atoms with Crippen LogP contribution < -0.4 is 10.6 Å². The van der Waals surface area contributed by atoms with Crippen molar-refractivity contribution in [2.45, 2.75) is 25.4 Å². The number of hydrogen-bond donors (Lipinski definition) is 2. The third kappa shape index (κ3) is 3.03. The van der Waals surface area contributed by atoms with E-state index in [1.165, 1.54) is 0 Å². The largest absolute Gasteiger partial charge is 0.362 e. The molecule has 0 saturated carbocycles. The highest BCUT2D eigenvalue weighted by molar-refractivity contribution is 6.31. The maximum Gasteiger partial charge on any atom is 0.255 e. The van der Waals surface area contributed by atoms with Crippen LogP contribution in [0.1, 0.15) is 39.1 Å². The van der Waals surface area contributed by atoms with E-state index in [4.69, 9.17) is 11.6 Å². The third-order valence-corrected chi connectivity index (χ3v) is 5.39. The molecule has 4 rings (SSSR count). The van der Waals surface area contributed by atoms with Gasteiger partial charge in [0.25, 0.3) is 11.8 Å². The van der Waals surface area contributed by atoms with E-state index in [9.17, 15) is 9.59 Å². The summed E-state index contributed by atoms with van der Waals surface area (Å²) < 4.78 is 0. The van der Waals surface area contributed by atoms with E-state index in [0.29, 0.717) is 42.1 Å². The van der Waals surface area contributed by atoms with Crippen LogP contribution in [0.2, 0.25) is 5.02 Å². The molecule has 0 aromatic heterocycles. The van der Waals surface area contributed by atoms with Crippen molar-refractivity contribution in [1.82, 2.24) is 10.2 Å². The number of aryl methyl sites for hydroxylation is 1. The molecule has 0 unspecified atom stereocenters. The molecule has 1 fully saturated rings. The summed E-state index contributed by atoms with van der Waals surface area (Å²) >= 11 is 5.99. The van der Waals surface area contributed by atoms with Gasteiger partial charge in [0, 0.05) is 42.2 Å². The zero-order valence-corrected chi connectivity index (χ0v) is 15.3. The van der Waals surface area contributed by atoms with Crippen molar-refractivity contribution in [1.29, 1.82) is 0 Å². The second-order valence-corrected chi connectivity index (χ2v) is 7.45. The minimum absolute atomic E-state index is 0.0363. The average molecular weight is 370 g/mol. The van der Waals surface area contributed by atoms with Crippen molar-refractivity contribution in [3.8, 4) is 0 Å². The Bertz CT molecular complexity index is 871. The number of rotatable bonds is 1. The Morgan fingerprint density at radius 1 is 1.08 bits per heavy atom. The summed E-state index contributed by atoms with van der Waals surface area (Å²) in [6.07, 6.45) is 1.30. The summed E-state index contributed by atoms with van der Waals surface area (Å²) in [7, 11) is 0. The molecule has 2 aromatic carbocycles. The summed E-state index contributed by atoms with van der Waals surface area (Å²) in [5, 5.41) is 7.06. The molecule has 5 nitrogen and oxygen atoms in total. The second kappa shape index (κ2) is 6.32. The Morgan fingerprint density at radius 2 is 1.77 bits per heavy atom. The van der Waals surface area contributed by atoms with E-state index in [1.54, 1.807) is 12.1 Å². The average Bonchev–Trinajstić information content (AvgIpc) is 2.63. The zero-order valence-electron chi connectivity index (χ0n) is 14.5. The summed E-state index contributed by atoms with van der Waals surface area (Å²) in [5.74, 6) is -0.0891. The summed E-state index contributed by atoms with van der Waals surface area (Å²) in [4.78, 5) is 27.0. The highest BCUT2D eigenvalue weighted by Crippen LogP contribution is 2.33. The number of piperidine rings is 1. The Labute approximate surface area is 157 Å². The van der Waals surface area contributed by atoms with Gasteiger partial charge in [-0.1, -0.05) is 29.3 Å². The van der Waals surface area contributed by atoms with Crippen LogP contribution in [0.3, 0.4) is 0 Å². The summed E-state index contributed by atoms with van der Waals surface area (Å²) in [6, 6.07) is 12.9. The number of fused-ring (bicyclic) bond motifs is 1. The predicted molar refractivity (Wildman–Crippen MR) is 102 cm³/mol. The smallest absolute Gasteiger partial charge is 0.255 e. The summed E-state index contributed by atoms with van der Waals surface area (Å²) in [5.41, 5.74) is 2.67. The van der Waals surface area contributed by atoms with Crippen molar-refractivity contribution < 1.29 is 9.59 Å². The number of hydrogen-bond acceptors (Lipinski definition) is 3. The van der Waals surface area contributed by atoms with Crippen LogP contribution in [0.25, 0.3) is 0 Å². The first-order valence-electron chi connectivity index (χ1n) is 8.72. The van der Waals surface area contributed by atoms with E-state index in [-0.39, 0.29) is 11.8 Å². The molecule has 0 aliphatic carbocycles. The molecule has 1 saturated heterocycles. The molecule has 0 atom stereocenters. The van der Waals surface area contributed by atoms with Gasteiger partial charge in [-0.3, -0.25) is 9.59 Å². The standard InChI is InChI=1S/C20H20ClN3O2/c1-13-2-4-14(5-3-13)19(26)24-10-8-20(9-11-24)22-17-7-6-15(21)12-16(17)18(25)23-20/h2-7,12,22H,8-11H2,1H3,(H,23,25). The number of nitrogens with zero attached hydrogens (tertiary/aromatic N) is 1. The minimum Gasteiger partial charge on any atom is -0.362 e. The lowest BCUT2D eigenvalue weighted by Crippen LogP contribution is -2.62. The van der Waals surface area contributed by atoms with Crippen molar-refractivity contribution in [2.24, 2.45) is 0 Å². The lowest BCUT2D eigenvalue weighted by molar-refractivity contribution is 0.0639. The molecule has 2 aromatic rings. The molecule has 1 spiro atoms. The first kappa shape index (κ1) is 16.9. The van der Waals surface area contributed by atoms with E-state index >= 15 is 0 Å². The number of carbonyl (C=O) groups excluding carboxylic acids is 2. The van der Waals surface area contributed by atoms with Crippen LogP contribution in [-0.4, -0.2) is 35.5 Å². The first-order valence-corrected chi connectivity index (χ1v) is 9.10. The molecule has 2 amide bonds. The van der Waals surface area contributed by atoms with Gasteiger partial charge in [-0.2, -0.15) is 0 Å². The van der Waals surface area contributed by atoms with Crippen molar-refractivity contribution in [3.05, 3.63) is 64.2 Å². The van der Waals surface area contributed by atoms with Crippen LogP contribution in [0.5, 0.6) is 0 Å². The zero-order chi connectivity index (χ0) is 18.3. The number of carbonyl (C=O) groups is 2. The summed E-state index contributed by atoms with van der Waals surface area (Å²) in [6.45, 7) is 3.17. The maximum atomic E-state index is 12.7. The fourth-order valence-electron chi connectivity index (χ4n) is 3.61. The Kier molecular flexibility index (Phi) is 4.11. The lowest BCUT2D eigenvalue weighted by Gasteiger charge is -2.45. The van der Waals surface area contributed by atoms with Crippen LogP contribution in [0.15, 0.2) is 42.5 Å². The number of nitrogens with one attached hydrogen (secondary N) is 2. The molecule has 26 heavy (non-hydrogen) atoms. The Balaban J connectivity index is 1.48. The molecule has 2 N–H and O–H groups in total. The number of likely N-dealkylation sites (tertiary alicyclic amines) is 1. The predicted octanol–water partition coefficient (Wildman–Crippen LogP) is 3.44. The second-order valence-electron chi connectivity index (χ2n) is 7.01. The fourth-order valence-corrected chi connectivity index (χ4v) is 3.78. The van der Waals surface area contributed by atoms with Gasteiger partial charge in [-0.15, -0.1) is 0 Å². The number of benzene rings is 2. The van der Waals surface area contributed by atoms with Gasteiger partial charge in [0.15, 0.2) is 0 Å². The molecular formula is C20H20ClN3O2. The van der Waals surface area contributed by atoms with Gasteiger partial charge in [0.05, 0.1) is 5.56 Å². The van der Waals surface area contributed by atoms with E-state index in [1.807, 2.05) is 42.2 Å². The molecule has 2 aliphatic rings. The highest BCUT2D eigenvalue weighted by atomic mass is 35.5. The van der Waals surface area contributed by atoms with Gasteiger partial charge >= 0.3 is 0 Å². The molecule has 0 bridgehead atoms. The number of halogens is 1. The van der Waals surface area contributed by atoms with Crippen LogP contribution in [0, 0.1) is 6.92 Å². The van der Waals surface area contributed by atoms with Crippen molar-refractivity contribution >= 4 is 29.1 Å². The number of amides is 2. The quantitative estimate of drug-likeness (QED) is 0.809. The fraction of sp³-hybridized carbons (Fsp3) is 0.300. The SMILES string of the molecule is Cc1ccc(C(=O)N2CCC3(CC2)NC(=O)c2cc(Cl)ccc2N3)cc1. The Hall–Kier alpha value is -2.53. The Morgan fingerprint density at radius 3 is 2.46 bits per heavy atom. The monoisotopic (exact) mass is 369 g/mol. The van der Waals surface area contributed by atoms with Crippen molar-refractivity contribution in [3.63, 3.8) is 0 Å². The van der Waals surface area contributed by atoms with Gasteiger partial charge in [-0.25, -0.2) is 0 Å². The highest BCUT2D eigenvalue weighted by Gasteiger charge is 2.41. The molecule has 2 heterocycles. The maximum absolute atomic E-state index is 12.7. The molecule has 2 aliphatic heterocycles. The molecule has 0 radical (unpaired) electrons. The molecule has 134 valence electrons. The molecular weight excluding hydrogens is 350 g/mol. The van der Waals surface area contributed by atoms with Gasteiger partial charge in [-0.05, 0) is 37.3 Å². The topological polar surface area (TPSA) is 61.4 Å². The van der Waals surface area contributed by atoms with Gasteiger partial charge < -0.3 is 15.5 Å².